The fourth-order valence-corrected chi connectivity index (χ4v) is 2.14. The maximum atomic E-state index is 11.7. The molecule has 0 saturated carbocycles. The summed E-state index contributed by atoms with van der Waals surface area (Å²) in [6, 6.07) is 7.55. The number of nitrogens with zero attached hydrogens (tertiary/aromatic N) is 2. The minimum Gasteiger partial charge on any atom is -0.503 e. The molecule has 0 atom stereocenters. The van der Waals surface area contributed by atoms with Gasteiger partial charge in [-0.15, -0.1) is 0 Å². The van der Waals surface area contributed by atoms with E-state index >= 15 is 0 Å². The van der Waals surface area contributed by atoms with Gasteiger partial charge in [-0.25, -0.2) is 4.68 Å². The van der Waals surface area contributed by atoms with Crippen LogP contribution in [0.5, 0.6) is 5.75 Å². The van der Waals surface area contributed by atoms with Gasteiger partial charge < -0.3 is 5.11 Å². The molecule has 21 heavy (non-hydrogen) atoms. The van der Waals surface area contributed by atoms with Gasteiger partial charge in [0.25, 0.3) is 5.43 Å². The van der Waals surface area contributed by atoms with Crippen LogP contribution in [0.4, 0.5) is 0 Å². The van der Waals surface area contributed by atoms with Gasteiger partial charge in [-0.3, -0.25) is 9.59 Å². The largest absolute Gasteiger partial charge is 0.503 e. The van der Waals surface area contributed by atoms with Gasteiger partial charge in [-0.05, 0) is 17.0 Å². The Bertz CT molecular complexity index is 755. The summed E-state index contributed by atoms with van der Waals surface area (Å²) >= 11 is 0. The van der Waals surface area contributed by atoms with Crippen LogP contribution in [-0.2, 0) is 5.41 Å². The van der Waals surface area contributed by atoms with E-state index in [2.05, 4.69) is 25.9 Å². The quantitative estimate of drug-likeness (QED) is 0.861. The lowest BCUT2D eigenvalue weighted by Crippen LogP contribution is -2.22. The number of hydrogen-bond donors (Lipinski definition) is 1. The third kappa shape index (κ3) is 2.86. The highest BCUT2D eigenvalue weighted by Crippen LogP contribution is 2.28. The van der Waals surface area contributed by atoms with Crippen LogP contribution >= 0.6 is 0 Å². The molecule has 0 unspecified atom stereocenters. The van der Waals surface area contributed by atoms with Gasteiger partial charge in [-0.1, -0.05) is 39.0 Å². The average Bonchev–Trinajstić information content (AvgIpc) is 2.40. The Morgan fingerprint density at radius 3 is 2.43 bits per heavy atom. The molecule has 1 N–H and O–H groups in total. The molecule has 0 bridgehead atoms. The molecule has 0 spiro atoms. The van der Waals surface area contributed by atoms with Crippen molar-refractivity contribution in [3.8, 4) is 11.4 Å². The van der Waals surface area contributed by atoms with Gasteiger partial charge in [0.1, 0.15) is 0 Å². The molecular formula is C16H18N2O3. The fraction of sp³-hybridized carbons (Fsp3) is 0.312. The summed E-state index contributed by atoms with van der Waals surface area (Å²) < 4.78 is 1.38. The number of benzene rings is 1. The van der Waals surface area contributed by atoms with Crippen molar-refractivity contribution in [1.82, 2.24) is 9.78 Å². The lowest BCUT2D eigenvalue weighted by molar-refractivity contribution is 0.100. The molecule has 1 heterocycles. The van der Waals surface area contributed by atoms with Crippen LogP contribution in [0.1, 0.15) is 43.7 Å². The van der Waals surface area contributed by atoms with E-state index in [0.29, 0.717) is 0 Å². The molecule has 0 aliphatic heterocycles. The molecule has 0 aliphatic carbocycles. The highest BCUT2D eigenvalue weighted by molar-refractivity contribution is 5.92. The first-order chi connectivity index (χ1) is 9.71. The third-order valence-electron chi connectivity index (χ3n) is 3.19. The lowest BCUT2D eigenvalue weighted by Gasteiger charge is -2.23. The topological polar surface area (TPSA) is 72.2 Å². The van der Waals surface area contributed by atoms with Crippen molar-refractivity contribution in [2.45, 2.75) is 33.1 Å². The number of hydrogen-bond acceptors (Lipinski definition) is 4. The highest BCUT2D eigenvalue weighted by Gasteiger charge is 2.20. The number of carbonyl (C=O) groups is 1. The molecule has 0 saturated heterocycles. The average molecular weight is 286 g/mol. The van der Waals surface area contributed by atoms with Crippen molar-refractivity contribution in [3.63, 3.8) is 0 Å². The smallest absolute Gasteiger partial charge is 0.252 e. The third-order valence-corrected chi connectivity index (χ3v) is 3.19. The van der Waals surface area contributed by atoms with Crippen molar-refractivity contribution >= 4 is 5.78 Å². The van der Waals surface area contributed by atoms with E-state index < -0.39 is 17.0 Å². The van der Waals surface area contributed by atoms with Crippen LogP contribution < -0.4 is 5.43 Å². The van der Waals surface area contributed by atoms with Gasteiger partial charge >= 0.3 is 0 Å². The maximum Gasteiger partial charge on any atom is 0.252 e. The first kappa shape index (κ1) is 15.0. The first-order valence-corrected chi connectivity index (χ1v) is 6.65. The highest BCUT2D eigenvalue weighted by atomic mass is 16.3. The van der Waals surface area contributed by atoms with Crippen molar-refractivity contribution in [1.29, 1.82) is 0 Å². The number of para-hydroxylation sites is 1. The molecule has 0 radical (unpaired) electrons. The predicted octanol–water partition coefficient (Wildman–Crippen LogP) is 2.44. The summed E-state index contributed by atoms with van der Waals surface area (Å²) in [4.78, 5) is 23.2. The summed E-state index contributed by atoms with van der Waals surface area (Å²) in [7, 11) is 0. The van der Waals surface area contributed by atoms with E-state index in [1.807, 2.05) is 24.3 Å². The van der Waals surface area contributed by atoms with Crippen LogP contribution in [0.25, 0.3) is 5.69 Å². The van der Waals surface area contributed by atoms with E-state index in [1.54, 1.807) is 0 Å². The number of ketones is 1. The van der Waals surface area contributed by atoms with E-state index in [4.69, 9.17) is 0 Å². The summed E-state index contributed by atoms with van der Waals surface area (Å²) in [6.07, 6.45) is 1.24. The van der Waals surface area contributed by atoms with E-state index in [9.17, 15) is 14.7 Å². The van der Waals surface area contributed by atoms with Gasteiger partial charge in [-0.2, -0.15) is 5.10 Å². The fourth-order valence-electron chi connectivity index (χ4n) is 2.14. The first-order valence-electron chi connectivity index (χ1n) is 6.65. The molecule has 110 valence electrons. The number of aromatic hydroxyl groups is 1. The van der Waals surface area contributed by atoms with Crippen molar-refractivity contribution in [2.24, 2.45) is 0 Å². The van der Waals surface area contributed by atoms with Crippen molar-refractivity contribution in [2.75, 3.05) is 0 Å². The summed E-state index contributed by atoms with van der Waals surface area (Å²) in [5, 5.41) is 13.8. The SMILES string of the molecule is CC(=O)c1nn(-c2ccccc2C(C)(C)C)cc(O)c1=O. The van der Waals surface area contributed by atoms with Crippen LogP contribution in [0.15, 0.2) is 35.3 Å². The van der Waals surface area contributed by atoms with Crippen LogP contribution in [0.3, 0.4) is 0 Å². The second-order valence-electron chi connectivity index (χ2n) is 5.96. The minimum atomic E-state index is -0.744. The Morgan fingerprint density at radius 2 is 1.86 bits per heavy atom. The zero-order chi connectivity index (χ0) is 15.8. The standard InChI is InChI=1S/C16H18N2O3/c1-10(19)14-15(21)13(20)9-18(17-14)12-8-6-5-7-11(12)16(2,3)4/h5-9,20H,1-4H3. The van der Waals surface area contributed by atoms with E-state index in [0.717, 1.165) is 11.3 Å². The van der Waals surface area contributed by atoms with Crippen molar-refractivity contribution < 1.29 is 9.90 Å². The Morgan fingerprint density at radius 1 is 1.24 bits per heavy atom. The van der Waals surface area contributed by atoms with E-state index in [-0.39, 0.29) is 11.1 Å². The molecule has 0 amide bonds. The minimum absolute atomic E-state index is 0.145. The van der Waals surface area contributed by atoms with Gasteiger partial charge in [0, 0.05) is 6.92 Å². The Balaban J connectivity index is 2.75. The molecule has 0 aliphatic rings. The molecule has 1 aromatic carbocycles. The predicted molar refractivity (Wildman–Crippen MR) is 80.2 cm³/mol. The number of rotatable bonds is 2. The Kier molecular flexibility index (Phi) is 3.68. The molecule has 2 aromatic rings. The summed E-state index contributed by atoms with van der Waals surface area (Å²) in [5.74, 6) is -0.961. The molecule has 2 rings (SSSR count). The number of aromatic nitrogens is 2. The van der Waals surface area contributed by atoms with Crippen LogP contribution in [-0.4, -0.2) is 20.7 Å². The van der Waals surface area contributed by atoms with E-state index in [1.165, 1.54) is 17.8 Å². The Labute approximate surface area is 122 Å². The maximum absolute atomic E-state index is 11.7. The molecule has 0 fully saturated rings. The van der Waals surface area contributed by atoms with Gasteiger partial charge in [0.05, 0.1) is 11.9 Å². The zero-order valence-electron chi connectivity index (χ0n) is 12.5. The monoisotopic (exact) mass is 286 g/mol. The molecule has 1 aromatic heterocycles. The normalized spacial score (nSPS) is 11.4. The number of Topliss-reactive ketones (excluding diaryl/α,β-unsaturated/α-hetero) is 1. The molecule has 5 heteroatoms. The summed E-state index contributed by atoms with van der Waals surface area (Å²) in [5.41, 5.74) is 0.566. The number of carbonyl (C=O) groups excluding carboxylic acids is 1. The second kappa shape index (κ2) is 5.16. The Hall–Kier alpha value is -2.43. The van der Waals surface area contributed by atoms with Crippen LogP contribution in [0, 0.1) is 0 Å². The van der Waals surface area contributed by atoms with Crippen LogP contribution in [0.2, 0.25) is 0 Å². The second-order valence-corrected chi connectivity index (χ2v) is 5.96. The molecule has 5 nitrogen and oxygen atoms in total. The van der Waals surface area contributed by atoms with Gasteiger partial charge in [0.2, 0.25) is 0 Å². The lowest BCUT2D eigenvalue weighted by atomic mass is 9.86. The molecular weight excluding hydrogens is 268 g/mol. The van der Waals surface area contributed by atoms with Gasteiger partial charge in [0.15, 0.2) is 17.2 Å². The summed E-state index contributed by atoms with van der Waals surface area (Å²) in [6.45, 7) is 7.42. The zero-order valence-corrected chi connectivity index (χ0v) is 12.5. The van der Waals surface area contributed by atoms with Crippen molar-refractivity contribution in [3.05, 3.63) is 51.9 Å².